The van der Waals surface area contributed by atoms with Crippen molar-refractivity contribution in [3.05, 3.63) is 89.5 Å². The number of nitro benzene ring substituents is 1. The zero-order chi connectivity index (χ0) is 19.0. The molecule has 1 aliphatic rings. The minimum atomic E-state index is -0.446. The summed E-state index contributed by atoms with van der Waals surface area (Å²) in [4.78, 5) is 30.5. The Hall–Kier alpha value is -3.26. The summed E-state index contributed by atoms with van der Waals surface area (Å²) in [6.45, 7) is 2.95. The van der Waals surface area contributed by atoms with E-state index >= 15 is 0 Å². The number of thiazole rings is 1. The Morgan fingerprint density at radius 2 is 2.00 bits per heavy atom. The van der Waals surface area contributed by atoms with Gasteiger partial charge in [-0.3, -0.25) is 19.5 Å². The highest BCUT2D eigenvalue weighted by molar-refractivity contribution is 7.07. The molecule has 0 amide bonds. The largest absolute Gasteiger partial charge is 0.334 e. The molecule has 2 aromatic carbocycles. The van der Waals surface area contributed by atoms with Crippen LogP contribution >= 0.6 is 11.3 Å². The second-order valence-corrected chi connectivity index (χ2v) is 7.30. The number of nitro groups is 1. The molecular formula is C19H16N4O3S. The molecule has 0 spiro atoms. The minimum absolute atomic E-state index is 0.000375. The van der Waals surface area contributed by atoms with Crippen LogP contribution in [0.3, 0.4) is 0 Å². The number of hydrogen-bond donors (Lipinski definition) is 0. The third-order valence-electron chi connectivity index (χ3n) is 4.35. The van der Waals surface area contributed by atoms with Crippen molar-refractivity contribution in [1.29, 1.82) is 0 Å². The van der Waals surface area contributed by atoms with Gasteiger partial charge in [-0.25, -0.2) is 4.99 Å². The van der Waals surface area contributed by atoms with Crippen LogP contribution in [0.2, 0.25) is 0 Å². The van der Waals surface area contributed by atoms with Gasteiger partial charge < -0.3 is 4.90 Å². The van der Waals surface area contributed by atoms with Gasteiger partial charge in [0.2, 0.25) is 0 Å². The molecule has 27 heavy (non-hydrogen) atoms. The van der Waals surface area contributed by atoms with Crippen molar-refractivity contribution in [2.75, 3.05) is 11.6 Å². The first kappa shape index (κ1) is 17.2. The lowest BCUT2D eigenvalue weighted by atomic mass is 10.2. The highest BCUT2D eigenvalue weighted by Gasteiger charge is 2.16. The third kappa shape index (κ3) is 3.39. The van der Waals surface area contributed by atoms with E-state index in [0.29, 0.717) is 28.2 Å². The van der Waals surface area contributed by atoms with E-state index in [-0.39, 0.29) is 11.2 Å². The summed E-state index contributed by atoms with van der Waals surface area (Å²) >= 11 is 1.30. The van der Waals surface area contributed by atoms with Crippen molar-refractivity contribution >= 4 is 28.8 Å². The highest BCUT2D eigenvalue weighted by atomic mass is 32.1. The number of aromatic nitrogens is 1. The molecule has 0 fully saturated rings. The Morgan fingerprint density at radius 3 is 2.74 bits per heavy atom. The summed E-state index contributed by atoms with van der Waals surface area (Å²) in [5.74, 6) is 0. The average molecular weight is 380 g/mol. The fourth-order valence-electron chi connectivity index (χ4n) is 2.91. The van der Waals surface area contributed by atoms with Gasteiger partial charge in [0.05, 0.1) is 9.46 Å². The summed E-state index contributed by atoms with van der Waals surface area (Å²) in [5, 5.41) is 10.9. The Balaban J connectivity index is 1.70. The lowest BCUT2D eigenvalue weighted by Gasteiger charge is -2.25. The van der Waals surface area contributed by atoms with Crippen LogP contribution < -0.4 is 19.8 Å². The summed E-state index contributed by atoms with van der Waals surface area (Å²) in [6.07, 6.45) is 1.68. The van der Waals surface area contributed by atoms with E-state index in [1.165, 1.54) is 29.0 Å². The minimum Gasteiger partial charge on any atom is -0.334 e. The first-order valence-corrected chi connectivity index (χ1v) is 9.15. The van der Waals surface area contributed by atoms with Crippen molar-refractivity contribution in [2.24, 2.45) is 4.99 Å². The van der Waals surface area contributed by atoms with Crippen LogP contribution in [-0.4, -0.2) is 16.2 Å². The number of anilines is 1. The van der Waals surface area contributed by atoms with Crippen molar-refractivity contribution in [3.63, 3.8) is 0 Å². The average Bonchev–Trinajstić information content (AvgIpc) is 2.98. The van der Waals surface area contributed by atoms with Crippen molar-refractivity contribution < 1.29 is 4.92 Å². The predicted octanol–water partition coefficient (Wildman–Crippen LogP) is 2.01. The Labute approximate surface area is 158 Å². The molecule has 136 valence electrons. The van der Waals surface area contributed by atoms with Crippen LogP contribution in [0.5, 0.6) is 0 Å². The molecule has 0 unspecified atom stereocenters. The van der Waals surface area contributed by atoms with Crippen molar-refractivity contribution in [1.82, 2.24) is 4.57 Å². The zero-order valence-electron chi connectivity index (χ0n) is 14.5. The summed E-state index contributed by atoms with van der Waals surface area (Å²) in [5.41, 5.74) is 2.67. The number of fused-ring (bicyclic) bond motifs is 1. The Kier molecular flexibility index (Phi) is 4.33. The van der Waals surface area contributed by atoms with Gasteiger partial charge in [-0.15, -0.1) is 0 Å². The van der Waals surface area contributed by atoms with E-state index in [1.54, 1.807) is 22.8 Å². The predicted molar refractivity (Wildman–Crippen MR) is 105 cm³/mol. The molecule has 0 bridgehead atoms. The lowest BCUT2D eigenvalue weighted by molar-refractivity contribution is -0.384. The second kappa shape index (κ2) is 6.81. The normalized spacial score (nSPS) is 14.0. The maximum Gasteiger partial charge on any atom is 0.271 e. The topological polar surface area (TPSA) is 80.7 Å². The molecule has 0 N–H and O–H groups in total. The van der Waals surface area contributed by atoms with E-state index in [9.17, 15) is 14.9 Å². The highest BCUT2D eigenvalue weighted by Crippen LogP contribution is 2.16. The molecule has 1 aliphatic heterocycles. The van der Waals surface area contributed by atoms with Crippen molar-refractivity contribution in [3.8, 4) is 0 Å². The third-order valence-corrected chi connectivity index (χ3v) is 5.40. The van der Waals surface area contributed by atoms with E-state index < -0.39 is 4.92 Å². The van der Waals surface area contributed by atoms with E-state index in [1.807, 2.05) is 36.1 Å². The standard InChI is InChI=1S/C19H16N4O3S/c1-13-5-7-15(8-6-13)21-11-20-19-22(12-21)18(24)17(27-19)10-14-3-2-4-16(9-14)23(25)26/h2-10H,11-12H2,1H3/b17-10-. The first-order chi connectivity index (χ1) is 13.0. The number of non-ortho nitro benzene ring substituents is 1. The smallest absolute Gasteiger partial charge is 0.271 e. The van der Waals surface area contributed by atoms with Crippen LogP contribution in [-0.2, 0) is 6.67 Å². The fourth-order valence-corrected chi connectivity index (χ4v) is 3.87. The number of benzene rings is 2. The number of hydrogen-bond acceptors (Lipinski definition) is 6. The molecule has 1 aromatic heterocycles. The van der Waals surface area contributed by atoms with Crippen molar-refractivity contribution in [2.45, 2.75) is 13.6 Å². The molecule has 0 saturated heterocycles. The van der Waals surface area contributed by atoms with Gasteiger partial charge in [0.1, 0.15) is 13.3 Å². The van der Waals surface area contributed by atoms with Gasteiger partial charge in [-0.2, -0.15) is 0 Å². The van der Waals surface area contributed by atoms with Crippen LogP contribution in [0, 0.1) is 17.0 Å². The molecule has 7 nitrogen and oxygen atoms in total. The van der Waals surface area contributed by atoms with Gasteiger partial charge in [-0.05, 0) is 30.7 Å². The second-order valence-electron chi connectivity index (χ2n) is 6.29. The fraction of sp³-hybridized carbons (Fsp3) is 0.158. The summed E-state index contributed by atoms with van der Waals surface area (Å²) in [7, 11) is 0. The van der Waals surface area contributed by atoms with Crippen LogP contribution in [0.4, 0.5) is 11.4 Å². The molecule has 8 heteroatoms. The van der Waals surface area contributed by atoms with Crippen LogP contribution in [0.25, 0.3) is 6.08 Å². The Bertz CT molecular complexity index is 1190. The van der Waals surface area contributed by atoms with Gasteiger partial charge >= 0.3 is 0 Å². The summed E-state index contributed by atoms with van der Waals surface area (Å²) in [6, 6.07) is 14.3. The van der Waals surface area contributed by atoms with Crippen LogP contribution in [0.1, 0.15) is 11.1 Å². The van der Waals surface area contributed by atoms with Gasteiger partial charge in [0.25, 0.3) is 11.2 Å². The maximum atomic E-state index is 12.8. The molecule has 4 rings (SSSR count). The number of rotatable bonds is 3. The number of aryl methyl sites for hydroxylation is 1. The van der Waals surface area contributed by atoms with Crippen LogP contribution in [0.15, 0.2) is 58.3 Å². The SMILES string of the molecule is Cc1ccc(N2CN=c3s/c(=C\c4cccc([N+](=O)[O-])c4)c(=O)n3C2)cc1. The van der Waals surface area contributed by atoms with E-state index in [0.717, 1.165) is 5.69 Å². The quantitative estimate of drug-likeness (QED) is 0.514. The van der Waals surface area contributed by atoms with Gasteiger partial charge in [0, 0.05) is 17.8 Å². The molecule has 0 saturated carbocycles. The van der Waals surface area contributed by atoms with E-state index in [2.05, 4.69) is 4.99 Å². The molecule has 2 heterocycles. The maximum absolute atomic E-state index is 12.8. The number of nitrogens with zero attached hydrogens (tertiary/aromatic N) is 4. The van der Waals surface area contributed by atoms with Gasteiger partial charge in [-0.1, -0.05) is 41.2 Å². The molecule has 0 aliphatic carbocycles. The molecular weight excluding hydrogens is 364 g/mol. The van der Waals surface area contributed by atoms with Gasteiger partial charge in [0.15, 0.2) is 4.80 Å². The summed E-state index contributed by atoms with van der Waals surface area (Å²) < 4.78 is 2.15. The molecule has 3 aromatic rings. The monoisotopic (exact) mass is 380 g/mol. The lowest BCUT2D eigenvalue weighted by Crippen LogP contribution is -2.42. The molecule has 0 atom stereocenters. The zero-order valence-corrected chi connectivity index (χ0v) is 15.3. The Morgan fingerprint density at radius 1 is 1.22 bits per heavy atom. The first-order valence-electron chi connectivity index (χ1n) is 8.33. The molecule has 0 radical (unpaired) electrons. The van der Waals surface area contributed by atoms with E-state index in [4.69, 9.17) is 0 Å².